The van der Waals surface area contributed by atoms with Crippen LogP contribution in [0.3, 0.4) is 0 Å². The summed E-state index contributed by atoms with van der Waals surface area (Å²) in [7, 11) is 0. The number of amides is 3. The quantitative estimate of drug-likeness (QED) is 0.0253. The summed E-state index contributed by atoms with van der Waals surface area (Å²) in [6, 6.07) is 71.9. The minimum atomic E-state index is -1.04. The molecule has 4 unspecified atom stereocenters. The average Bonchev–Trinajstić information content (AvgIpc) is 1.65. The summed E-state index contributed by atoms with van der Waals surface area (Å²) in [4.78, 5) is 104. The van der Waals surface area contributed by atoms with E-state index in [1.165, 1.54) is 0 Å². The first-order valence-electron chi connectivity index (χ1n) is 31.8. The summed E-state index contributed by atoms with van der Waals surface area (Å²) < 4.78 is 21.2. The first-order chi connectivity index (χ1) is 45.9. The van der Waals surface area contributed by atoms with E-state index in [0.29, 0.717) is 26.1 Å². The summed E-state index contributed by atoms with van der Waals surface area (Å²) in [5.74, 6) is -4.01. The molecular weight excluding hydrogens is 1310 g/mol. The van der Waals surface area contributed by atoms with Crippen LogP contribution in [0.5, 0.6) is 0 Å². The molecule has 0 aromatic heterocycles. The van der Waals surface area contributed by atoms with Gasteiger partial charge in [-0.1, -0.05) is 250 Å². The van der Waals surface area contributed by atoms with Gasteiger partial charge in [-0.05, 0) is 96.9 Å². The minimum Gasteiger partial charge on any atom is -0.481 e. The van der Waals surface area contributed by atoms with Crippen molar-refractivity contribution in [3.05, 3.63) is 287 Å². The third-order valence-electron chi connectivity index (χ3n) is 16.4. The third-order valence-corrected chi connectivity index (χ3v) is 16.4. The Hall–Kier alpha value is -9.03. The number of epoxide rings is 2. The number of aliphatic carboxylic acids is 1. The van der Waals surface area contributed by atoms with Crippen molar-refractivity contribution in [1.82, 2.24) is 16.0 Å². The molecule has 0 aliphatic carbocycles. The maximum Gasteiger partial charge on any atom is 0.408 e. The van der Waals surface area contributed by atoms with Crippen LogP contribution < -0.4 is 21.7 Å². The number of alkyl carbamates (subject to hydrolysis) is 2. The SMILES string of the molecule is C.C[C@]1(C(=O)C(Cc2ccccc2)NC(=O)[C@@H](CC(=O)C(Cc2ccccc2)NC(=O)OCc2ccccc2)Cc2ccccc2)CO1.C[C@]1(C(=O)C(N)Cc2ccccc2)CO1.O=C(NC(Cc1ccccc1)C(=O)C[C@@H](Cc1ccccc1)C(=O)O)OCc1ccccc1.[V].[V]. The normalized spacial score (nSPS) is 16.3. The Balaban J connectivity index is 0.000000294. The molecule has 3 amide bonds. The number of ketones is 4. The maximum atomic E-state index is 14.0. The standard InChI is InChI=1S/C39H40N2O6.C27H27NO5.C12H15NO2.CH4.2V/c1-39(27-47-39)36(43)34(24-30-18-10-4-11-19-30)40-37(44)32(22-28-14-6-2-7-15-28)25-35(42)33(23-29-16-8-3-9-17-29)41-38(45)46-26-31-20-12-5-13-21-31;29-25(18-23(26(30)31)16-20-10-4-1-5-11-20)24(17-21-12-6-2-7-13-21)28-27(32)33-19-22-14-8-3-9-15-22;1-12(8-15-12)11(14)10(13)7-9-5-3-2-4-6-9;;;/h2-21,32-34H,22-27H2,1H3,(H,40,44)(H,41,45);1-15,23-24H,16-19H2,(H,28,32)(H,30,31);2-6,10H,7-8,13H2,1H3;1H4;;/t32-,33?,34?,39-;23-,24?;10?,12-;;;/m111.../s1. The van der Waals surface area contributed by atoms with Gasteiger partial charge in [0.15, 0.2) is 23.1 Å². The van der Waals surface area contributed by atoms with Crippen molar-refractivity contribution in [3.63, 3.8) is 0 Å². The Morgan fingerprint density at radius 2 is 0.663 bits per heavy atom. The van der Waals surface area contributed by atoms with Crippen molar-refractivity contribution < 1.29 is 99.5 Å². The van der Waals surface area contributed by atoms with Gasteiger partial charge in [0.2, 0.25) is 5.91 Å². The number of nitrogens with one attached hydrogen (secondary N) is 3. The van der Waals surface area contributed by atoms with Crippen LogP contribution in [0.2, 0.25) is 0 Å². The Labute approximate surface area is 598 Å². The van der Waals surface area contributed by atoms with Crippen LogP contribution in [0.4, 0.5) is 9.59 Å². The Bertz CT molecular complexity index is 3750. The summed E-state index contributed by atoms with van der Waals surface area (Å²) in [5, 5.41) is 18.0. The van der Waals surface area contributed by atoms with E-state index in [2.05, 4.69) is 16.0 Å². The molecule has 2 saturated heterocycles. The van der Waals surface area contributed by atoms with Gasteiger partial charge in [-0.3, -0.25) is 28.8 Å². The number of nitrogens with two attached hydrogens (primary N) is 1. The van der Waals surface area contributed by atoms with E-state index in [9.17, 15) is 43.5 Å². The fourth-order valence-electron chi connectivity index (χ4n) is 10.6. The fraction of sp³-hybridized carbons (Fsp3) is 0.291. The number of carbonyl (C=O) groups is 8. The molecule has 0 bridgehead atoms. The predicted octanol–water partition coefficient (Wildman–Crippen LogP) is 11.4. The Kier molecular flexibility index (Phi) is 33.0. The third kappa shape index (κ3) is 26.8. The zero-order valence-electron chi connectivity index (χ0n) is 54.4. The van der Waals surface area contributed by atoms with E-state index in [-0.39, 0.29) is 119 Å². The Morgan fingerprint density at radius 1 is 0.398 bits per heavy atom. The first-order valence-corrected chi connectivity index (χ1v) is 31.8. The van der Waals surface area contributed by atoms with Gasteiger partial charge in [-0.15, -0.1) is 0 Å². The number of ether oxygens (including phenoxy) is 4. The molecule has 17 nitrogen and oxygen atoms in total. The van der Waals surface area contributed by atoms with E-state index in [1.807, 2.05) is 243 Å². The molecule has 0 spiro atoms. The zero-order chi connectivity index (χ0) is 67.4. The molecule has 98 heavy (non-hydrogen) atoms. The van der Waals surface area contributed by atoms with Crippen molar-refractivity contribution in [2.45, 2.75) is 121 Å². The van der Waals surface area contributed by atoms with Gasteiger partial charge in [0.1, 0.15) is 24.4 Å². The molecule has 2 aliphatic heterocycles. The first kappa shape index (κ1) is 79.7. The predicted molar refractivity (Wildman–Crippen MR) is 367 cm³/mol. The minimum absolute atomic E-state index is 0. The van der Waals surface area contributed by atoms with E-state index >= 15 is 0 Å². The molecule has 6 N–H and O–H groups in total. The molecule has 10 rings (SSSR count). The molecule has 8 aromatic carbocycles. The van der Waals surface area contributed by atoms with Gasteiger partial charge >= 0.3 is 18.2 Å². The van der Waals surface area contributed by atoms with E-state index in [1.54, 1.807) is 13.8 Å². The topological polar surface area (TPSA) is 262 Å². The molecule has 2 aliphatic rings. The summed E-state index contributed by atoms with van der Waals surface area (Å²) in [5.41, 5.74) is 11.3. The van der Waals surface area contributed by atoms with Crippen LogP contribution in [0.1, 0.15) is 78.6 Å². The van der Waals surface area contributed by atoms with Crippen molar-refractivity contribution in [2.75, 3.05) is 13.2 Å². The summed E-state index contributed by atoms with van der Waals surface area (Å²) in [6.45, 7) is 4.45. The summed E-state index contributed by atoms with van der Waals surface area (Å²) >= 11 is 0. The van der Waals surface area contributed by atoms with Gasteiger partial charge in [0.05, 0.1) is 43.3 Å². The molecule has 510 valence electrons. The van der Waals surface area contributed by atoms with Crippen LogP contribution in [0.15, 0.2) is 243 Å². The van der Waals surface area contributed by atoms with Crippen molar-refractivity contribution >= 4 is 47.2 Å². The van der Waals surface area contributed by atoms with E-state index in [4.69, 9.17) is 24.7 Å². The van der Waals surface area contributed by atoms with E-state index in [0.717, 1.165) is 44.5 Å². The van der Waals surface area contributed by atoms with Crippen LogP contribution in [-0.4, -0.2) is 101 Å². The largest absolute Gasteiger partial charge is 0.481 e. The molecule has 19 heteroatoms. The number of carboxylic acid groups (broad SMARTS) is 1. The molecule has 8 atom stereocenters. The number of carbonyl (C=O) groups excluding carboxylic acids is 7. The van der Waals surface area contributed by atoms with Gasteiger partial charge in [-0.2, -0.15) is 0 Å². The van der Waals surface area contributed by atoms with Crippen molar-refractivity contribution in [3.8, 4) is 0 Å². The van der Waals surface area contributed by atoms with Crippen LogP contribution in [0.25, 0.3) is 0 Å². The number of Topliss-reactive ketones (excluding diaryl/α,β-unsaturated/α-hetero) is 4. The molecule has 2 fully saturated rings. The maximum absolute atomic E-state index is 14.0. The zero-order valence-corrected chi connectivity index (χ0v) is 57.2. The summed E-state index contributed by atoms with van der Waals surface area (Å²) in [6.07, 6.45) is 0.0649. The fourth-order valence-corrected chi connectivity index (χ4v) is 10.6. The second-order valence-corrected chi connectivity index (χ2v) is 24.2. The molecule has 0 saturated carbocycles. The molecule has 2 heterocycles. The van der Waals surface area contributed by atoms with Crippen molar-refractivity contribution in [2.24, 2.45) is 17.6 Å². The second kappa shape index (κ2) is 40.6. The molecular formula is C79H86N4O13V2. The van der Waals surface area contributed by atoms with Crippen LogP contribution in [-0.2, 0) is 137 Å². The number of benzene rings is 8. The van der Waals surface area contributed by atoms with E-state index < -0.39 is 71.3 Å². The number of hydrogen-bond acceptors (Lipinski definition) is 13. The molecule has 8 aromatic rings. The Morgan fingerprint density at radius 3 is 0.980 bits per heavy atom. The average molecular weight is 1400 g/mol. The van der Waals surface area contributed by atoms with Crippen LogP contribution >= 0.6 is 0 Å². The van der Waals surface area contributed by atoms with Crippen LogP contribution in [0, 0.1) is 11.8 Å². The van der Waals surface area contributed by atoms with Gasteiger partial charge in [0, 0.05) is 55.9 Å². The smallest absolute Gasteiger partial charge is 0.408 e. The van der Waals surface area contributed by atoms with Crippen molar-refractivity contribution in [1.29, 1.82) is 0 Å². The number of rotatable bonds is 31. The number of carboxylic acids is 1. The van der Waals surface area contributed by atoms with Gasteiger partial charge in [-0.25, -0.2) is 9.59 Å². The van der Waals surface area contributed by atoms with Gasteiger partial charge in [0.25, 0.3) is 0 Å². The number of hydrogen-bond donors (Lipinski definition) is 5. The van der Waals surface area contributed by atoms with Gasteiger partial charge < -0.3 is 45.7 Å². The second-order valence-electron chi connectivity index (χ2n) is 24.2. The monoisotopic (exact) mass is 1400 g/mol. The molecule has 2 radical (unpaired) electrons.